The maximum Gasteiger partial charge on any atom is 0.109 e. The Labute approximate surface area is 114 Å². The molecule has 19 heavy (non-hydrogen) atoms. The molecule has 2 saturated heterocycles. The van der Waals surface area contributed by atoms with Crippen molar-refractivity contribution >= 4 is 10.8 Å². The molecular formula is C14H16N2O2S. The summed E-state index contributed by atoms with van der Waals surface area (Å²) < 4.78 is 12.2. The lowest BCUT2D eigenvalue weighted by Gasteiger charge is -2.43. The van der Waals surface area contributed by atoms with E-state index in [1.807, 2.05) is 6.07 Å². The number of aromatic nitrogens is 1. The van der Waals surface area contributed by atoms with Gasteiger partial charge in [-0.05, 0) is 37.8 Å². The molecule has 3 heterocycles. The molecule has 1 N–H and O–H groups in total. The standard InChI is InChI=1S/C14H16N2O2S/c15-8-10-4-5-13(16-9-10)14(17)6-11-2-1-3-12(7-14)19(11)18/h4-5,9,11-12,17H,1-3,6-7H2. The number of rotatable bonds is 1. The molecule has 0 aliphatic carbocycles. The number of nitriles is 1. The third-order valence-electron chi connectivity index (χ3n) is 4.21. The first-order valence-corrected chi connectivity index (χ1v) is 7.88. The van der Waals surface area contributed by atoms with Crippen LogP contribution in [0.1, 0.15) is 43.4 Å². The van der Waals surface area contributed by atoms with E-state index < -0.39 is 16.4 Å². The third-order valence-corrected chi connectivity index (χ3v) is 6.33. The fourth-order valence-corrected chi connectivity index (χ4v) is 5.45. The summed E-state index contributed by atoms with van der Waals surface area (Å²) in [4.78, 5) is 4.23. The Bertz CT molecular complexity index is 534. The summed E-state index contributed by atoms with van der Waals surface area (Å²) >= 11 is 0. The second-order valence-corrected chi connectivity index (χ2v) is 7.48. The van der Waals surface area contributed by atoms with Crippen molar-refractivity contribution in [1.82, 2.24) is 4.98 Å². The number of nitrogens with zero attached hydrogens (tertiary/aromatic N) is 2. The van der Waals surface area contributed by atoms with Gasteiger partial charge in [0.25, 0.3) is 0 Å². The molecule has 4 nitrogen and oxygen atoms in total. The summed E-state index contributed by atoms with van der Waals surface area (Å²) in [5.41, 5.74) is 0.129. The zero-order valence-corrected chi connectivity index (χ0v) is 11.4. The Balaban J connectivity index is 1.90. The highest BCUT2D eigenvalue weighted by Gasteiger charge is 2.47. The number of aliphatic hydroxyl groups is 1. The first-order valence-electron chi connectivity index (χ1n) is 6.61. The molecular weight excluding hydrogens is 260 g/mol. The molecule has 2 unspecified atom stereocenters. The van der Waals surface area contributed by atoms with Gasteiger partial charge in [0.15, 0.2) is 0 Å². The molecule has 2 bridgehead atoms. The van der Waals surface area contributed by atoms with Gasteiger partial charge in [0.2, 0.25) is 0 Å². The van der Waals surface area contributed by atoms with Crippen molar-refractivity contribution in [3.8, 4) is 6.07 Å². The van der Waals surface area contributed by atoms with Gasteiger partial charge in [-0.1, -0.05) is 6.42 Å². The fraction of sp³-hybridized carbons (Fsp3) is 0.571. The van der Waals surface area contributed by atoms with Gasteiger partial charge < -0.3 is 5.11 Å². The van der Waals surface area contributed by atoms with Gasteiger partial charge in [0, 0.05) is 27.5 Å². The quantitative estimate of drug-likeness (QED) is 0.845. The van der Waals surface area contributed by atoms with E-state index in [0.717, 1.165) is 19.3 Å². The highest BCUT2D eigenvalue weighted by atomic mass is 32.2. The van der Waals surface area contributed by atoms with Crippen molar-refractivity contribution in [3.05, 3.63) is 29.6 Å². The van der Waals surface area contributed by atoms with Crippen molar-refractivity contribution < 1.29 is 9.32 Å². The Hall–Kier alpha value is -1.25. The van der Waals surface area contributed by atoms with Gasteiger partial charge in [-0.2, -0.15) is 5.26 Å². The molecule has 0 aromatic carbocycles. The predicted molar refractivity (Wildman–Crippen MR) is 71.7 cm³/mol. The minimum atomic E-state index is -0.975. The second-order valence-electron chi connectivity index (χ2n) is 5.49. The average Bonchev–Trinajstić information content (AvgIpc) is 2.41. The smallest absolute Gasteiger partial charge is 0.109 e. The lowest BCUT2D eigenvalue weighted by atomic mass is 9.83. The van der Waals surface area contributed by atoms with E-state index >= 15 is 0 Å². The Kier molecular flexibility index (Phi) is 3.15. The Morgan fingerprint density at radius 1 is 1.37 bits per heavy atom. The number of fused-ring (bicyclic) bond motifs is 2. The van der Waals surface area contributed by atoms with Crippen LogP contribution in [0.3, 0.4) is 0 Å². The number of hydrogen-bond acceptors (Lipinski definition) is 4. The van der Waals surface area contributed by atoms with E-state index in [4.69, 9.17) is 5.26 Å². The molecule has 2 atom stereocenters. The lowest BCUT2D eigenvalue weighted by Crippen LogP contribution is -2.47. The molecule has 0 radical (unpaired) electrons. The molecule has 1 aromatic rings. The van der Waals surface area contributed by atoms with Crippen LogP contribution in [0.2, 0.25) is 0 Å². The molecule has 0 saturated carbocycles. The van der Waals surface area contributed by atoms with Crippen molar-refractivity contribution in [2.24, 2.45) is 0 Å². The summed E-state index contributed by atoms with van der Waals surface area (Å²) in [5.74, 6) is 0. The van der Waals surface area contributed by atoms with E-state index in [1.165, 1.54) is 6.20 Å². The van der Waals surface area contributed by atoms with Crippen LogP contribution in [-0.4, -0.2) is 24.8 Å². The summed E-state index contributed by atoms with van der Waals surface area (Å²) in [6.45, 7) is 0. The zero-order chi connectivity index (χ0) is 13.5. The topological polar surface area (TPSA) is 74.0 Å². The van der Waals surface area contributed by atoms with E-state index in [9.17, 15) is 9.32 Å². The van der Waals surface area contributed by atoms with Crippen LogP contribution in [-0.2, 0) is 16.4 Å². The van der Waals surface area contributed by atoms with Gasteiger partial charge in [0.1, 0.15) is 11.7 Å². The van der Waals surface area contributed by atoms with Crippen molar-refractivity contribution in [1.29, 1.82) is 5.26 Å². The van der Waals surface area contributed by atoms with Crippen molar-refractivity contribution in [3.63, 3.8) is 0 Å². The van der Waals surface area contributed by atoms with E-state index in [1.54, 1.807) is 12.1 Å². The molecule has 0 amide bonds. The van der Waals surface area contributed by atoms with Crippen LogP contribution >= 0.6 is 0 Å². The molecule has 5 heteroatoms. The summed E-state index contributed by atoms with van der Waals surface area (Å²) in [6, 6.07) is 5.43. The van der Waals surface area contributed by atoms with E-state index in [0.29, 0.717) is 24.1 Å². The van der Waals surface area contributed by atoms with Crippen LogP contribution in [0.25, 0.3) is 0 Å². The molecule has 100 valence electrons. The SMILES string of the molecule is N#Cc1ccc(C2(O)CC3CCCC(C2)S3=O)nc1. The van der Waals surface area contributed by atoms with Crippen molar-refractivity contribution in [2.75, 3.05) is 0 Å². The van der Waals surface area contributed by atoms with Gasteiger partial charge in [-0.15, -0.1) is 0 Å². The average molecular weight is 276 g/mol. The van der Waals surface area contributed by atoms with Gasteiger partial charge >= 0.3 is 0 Å². The van der Waals surface area contributed by atoms with E-state index in [2.05, 4.69) is 4.98 Å². The van der Waals surface area contributed by atoms with Crippen LogP contribution < -0.4 is 0 Å². The van der Waals surface area contributed by atoms with E-state index in [-0.39, 0.29) is 10.5 Å². The second kappa shape index (κ2) is 4.69. The first-order chi connectivity index (χ1) is 9.12. The lowest BCUT2D eigenvalue weighted by molar-refractivity contribution is 0.00249. The molecule has 2 fully saturated rings. The Morgan fingerprint density at radius 2 is 2.05 bits per heavy atom. The van der Waals surface area contributed by atoms with Gasteiger partial charge in [-0.25, -0.2) is 0 Å². The maximum atomic E-state index is 12.2. The number of pyridine rings is 1. The highest BCUT2D eigenvalue weighted by Crippen LogP contribution is 2.43. The zero-order valence-electron chi connectivity index (χ0n) is 10.6. The summed E-state index contributed by atoms with van der Waals surface area (Å²) in [7, 11) is -0.802. The fourth-order valence-electron chi connectivity index (χ4n) is 3.23. The monoisotopic (exact) mass is 276 g/mol. The number of hydrogen-bond donors (Lipinski definition) is 1. The van der Waals surface area contributed by atoms with Gasteiger partial charge in [0.05, 0.1) is 11.3 Å². The summed E-state index contributed by atoms with van der Waals surface area (Å²) in [5, 5.41) is 19.8. The molecule has 1 aromatic heterocycles. The van der Waals surface area contributed by atoms with Crippen molar-refractivity contribution in [2.45, 2.75) is 48.2 Å². The van der Waals surface area contributed by atoms with Crippen LogP contribution in [0.4, 0.5) is 0 Å². The Morgan fingerprint density at radius 3 is 2.58 bits per heavy atom. The maximum absolute atomic E-state index is 12.2. The predicted octanol–water partition coefficient (Wildman–Crippen LogP) is 1.60. The minimum absolute atomic E-state index is 0.0925. The van der Waals surface area contributed by atoms with Crippen LogP contribution in [0.5, 0.6) is 0 Å². The largest absolute Gasteiger partial charge is 0.383 e. The molecule has 2 aliphatic rings. The molecule has 0 spiro atoms. The molecule has 3 rings (SSSR count). The summed E-state index contributed by atoms with van der Waals surface area (Å²) in [6.07, 6.45) is 5.51. The first kappa shape index (κ1) is 12.8. The van der Waals surface area contributed by atoms with Crippen LogP contribution in [0, 0.1) is 11.3 Å². The molecule has 2 aliphatic heterocycles. The highest BCUT2D eigenvalue weighted by molar-refractivity contribution is 7.86. The van der Waals surface area contributed by atoms with Gasteiger partial charge in [-0.3, -0.25) is 9.19 Å². The minimum Gasteiger partial charge on any atom is -0.383 e. The third kappa shape index (κ3) is 2.19. The van der Waals surface area contributed by atoms with Crippen LogP contribution in [0.15, 0.2) is 18.3 Å². The normalized spacial score (nSPS) is 37.6.